The number of rotatable bonds is 3. The summed E-state index contributed by atoms with van der Waals surface area (Å²) in [6, 6.07) is 9.25. The number of hydrogen-bond donors (Lipinski definition) is 1. The number of carbonyl (C=O) groups is 1. The van der Waals surface area contributed by atoms with E-state index in [2.05, 4.69) is 5.32 Å². The van der Waals surface area contributed by atoms with E-state index in [-0.39, 0.29) is 11.4 Å². The Bertz CT molecular complexity index is 471. The van der Waals surface area contributed by atoms with Crippen LogP contribution in [0.25, 0.3) is 0 Å². The average molecular weight is 265 g/mol. The number of nitriles is 1. The Morgan fingerprint density at radius 1 is 1.50 bits per heavy atom. The van der Waals surface area contributed by atoms with Crippen molar-refractivity contribution in [1.82, 2.24) is 5.32 Å². The number of nitrogens with zero attached hydrogens (tertiary/aromatic N) is 1. The quantitative estimate of drug-likeness (QED) is 0.913. The topological polar surface area (TPSA) is 52.9 Å². The Balaban J connectivity index is 2.74. The number of amides is 1. The zero-order valence-corrected chi connectivity index (χ0v) is 11.6. The summed E-state index contributed by atoms with van der Waals surface area (Å²) < 4.78 is 0. The molecule has 1 unspecified atom stereocenters. The highest BCUT2D eigenvalue weighted by atomic mass is 35.5. The molecule has 0 aliphatic heterocycles. The first-order valence-electron chi connectivity index (χ1n) is 5.78. The van der Waals surface area contributed by atoms with Crippen molar-refractivity contribution < 1.29 is 4.79 Å². The van der Waals surface area contributed by atoms with Crippen molar-refractivity contribution in [2.75, 3.05) is 0 Å². The van der Waals surface area contributed by atoms with Crippen molar-refractivity contribution in [3.63, 3.8) is 0 Å². The molecule has 0 aromatic heterocycles. The lowest BCUT2D eigenvalue weighted by Gasteiger charge is -2.22. The lowest BCUT2D eigenvalue weighted by molar-refractivity contribution is -0.124. The number of nitrogens with one attached hydrogen (secondary N) is 1. The van der Waals surface area contributed by atoms with Crippen LogP contribution in [0.2, 0.25) is 5.02 Å². The van der Waals surface area contributed by atoms with Crippen LogP contribution in [0.5, 0.6) is 0 Å². The molecule has 0 saturated heterocycles. The fourth-order valence-electron chi connectivity index (χ4n) is 1.55. The summed E-state index contributed by atoms with van der Waals surface area (Å²) in [5.41, 5.74) is 0.554. The molecular formula is C14H17ClN2O. The van der Waals surface area contributed by atoms with Crippen LogP contribution in [0, 0.1) is 17.2 Å². The molecule has 0 fully saturated rings. The van der Waals surface area contributed by atoms with Crippen LogP contribution in [-0.4, -0.2) is 11.4 Å². The van der Waals surface area contributed by atoms with E-state index >= 15 is 0 Å². The second-order valence-electron chi connectivity index (χ2n) is 5.25. The maximum atomic E-state index is 11.9. The van der Waals surface area contributed by atoms with Crippen molar-refractivity contribution in [2.24, 2.45) is 5.92 Å². The Kier molecular flexibility index (Phi) is 4.75. The maximum Gasteiger partial charge on any atom is 0.238 e. The smallest absolute Gasteiger partial charge is 0.238 e. The standard InChI is InChI=1S/C14H17ClN2O/c1-14(2,3)17-13(18)11(9-16)7-10-5-4-6-12(15)8-10/h4-6,8,11H,7H2,1-3H3,(H,17,18). The van der Waals surface area contributed by atoms with Crippen molar-refractivity contribution in [3.05, 3.63) is 34.9 Å². The van der Waals surface area contributed by atoms with Crippen LogP contribution in [0.3, 0.4) is 0 Å². The van der Waals surface area contributed by atoms with E-state index in [4.69, 9.17) is 16.9 Å². The Morgan fingerprint density at radius 3 is 2.67 bits per heavy atom. The molecule has 3 nitrogen and oxygen atoms in total. The number of benzene rings is 1. The molecule has 0 bridgehead atoms. The minimum atomic E-state index is -0.692. The van der Waals surface area contributed by atoms with E-state index in [0.29, 0.717) is 11.4 Å². The van der Waals surface area contributed by atoms with E-state index in [1.807, 2.05) is 39.0 Å². The van der Waals surface area contributed by atoms with Crippen LogP contribution < -0.4 is 5.32 Å². The first-order valence-corrected chi connectivity index (χ1v) is 6.16. The SMILES string of the molecule is CC(C)(C)NC(=O)C(C#N)Cc1cccc(Cl)c1. The third-order valence-corrected chi connectivity index (χ3v) is 2.53. The number of carbonyl (C=O) groups excluding carboxylic acids is 1. The molecule has 0 heterocycles. The number of halogens is 1. The fourth-order valence-corrected chi connectivity index (χ4v) is 1.77. The summed E-state index contributed by atoms with van der Waals surface area (Å²) in [4.78, 5) is 11.9. The predicted molar refractivity (Wildman–Crippen MR) is 72.2 cm³/mol. The molecule has 96 valence electrons. The molecule has 4 heteroatoms. The molecule has 0 saturated carbocycles. The second kappa shape index (κ2) is 5.88. The molecule has 1 aromatic rings. The summed E-state index contributed by atoms with van der Waals surface area (Å²) >= 11 is 5.87. The second-order valence-corrected chi connectivity index (χ2v) is 5.69. The minimum absolute atomic E-state index is 0.245. The monoisotopic (exact) mass is 264 g/mol. The van der Waals surface area contributed by atoms with Gasteiger partial charge >= 0.3 is 0 Å². The molecular weight excluding hydrogens is 248 g/mol. The molecule has 0 aliphatic carbocycles. The van der Waals surface area contributed by atoms with Gasteiger partial charge < -0.3 is 5.32 Å². The van der Waals surface area contributed by atoms with Crippen LogP contribution in [-0.2, 0) is 11.2 Å². The minimum Gasteiger partial charge on any atom is -0.350 e. The first-order chi connectivity index (χ1) is 8.31. The van der Waals surface area contributed by atoms with Crippen LogP contribution in [0.15, 0.2) is 24.3 Å². The van der Waals surface area contributed by atoms with Gasteiger partial charge in [0.2, 0.25) is 5.91 Å². The van der Waals surface area contributed by atoms with Crippen molar-refractivity contribution >= 4 is 17.5 Å². The highest BCUT2D eigenvalue weighted by molar-refractivity contribution is 6.30. The van der Waals surface area contributed by atoms with Crippen LogP contribution in [0.1, 0.15) is 26.3 Å². The highest BCUT2D eigenvalue weighted by Crippen LogP contribution is 2.15. The van der Waals surface area contributed by atoms with Gasteiger partial charge in [-0.1, -0.05) is 23.7 Å². The van der Waals surface area contributed by atoms with E-state index in [0.717, 1.165) is 5.56 Å². The summed E-state index contributed by atoms with van der Waals surface area (Å²) in [6.07, 6.45) is 0.374. The van der Waals surface area contributed by atoms with E-state index in [1.165, 1.54) is 0 Å². The molecule has 1 aromatic carbocycles. The average Bonchev–Trinajstić information content (AvgIpc) is 2.23. The normalized spacial score (nSPS) is 12.6. The highest BCUT2D eigenvalue weighted by Gasteiger charge is 2.22. The van der Waals surface area contributed by atoms with Gasteiger partial charge in [0.1, 0.15) is 5.92 Å². The van der Waals surface area contributed by atoms with Gasteiger partial charge in [-0.2, -0.15) is 5.26 Å². The third kappa shape index (κ3) is 4.77. The van der Waals surface area contributed by atoms with Gasteiger partial charge in [0.25, 0.3) is 0 Å². The van der Waals surface area contributed by atoms with Gasteiger partial charge in [-0.25, -0.2) is 0 Å². The van der Waals surface area contributed by atoms with Gasteiger partial charge in [-0.3, -0.25) is 4.79 Å². The number of hydrogen-bond acceptors (Lipinski definition) is 2. The lowest BCUT2D eigenvalue weighted by Crippen LogP contribution is -2.44. The molecule has 18 heavy (non-hydrogen) atoms. The van der Waals surface area contributed by atoms with Crippen LogP contribution in [0.4, 0.5) is 0 Å². The molecule has 1 N–H and O–H groups in total. The van der Waals surface area contributed by atoms with E-state index in [1.54, 1.807) is 12.1 Å². The summed E-state index contributed by atoms with van der Waals surface area (Å²) in [7, 11) is 0. The van der Waals surface area contributed by atoms with Gasteiger partial charge in [-0.05, 0) is 44.9 Å². The maximum absolute atomic E-state index is 11.9. The summed E-state index contributed by atoms with van der Waals surface area (Å²) in [5, 5.41) is 12.5. The third-order valence-electron chi connectivity index (χ3n) is 2.30. The fraction of sp³-hybridized carbons (Fsp3) is 0.429. The van der Waals surface area contributed by atoms with Gasteiger partial charge in [0, 0.05) is 10.6 Å². The molecule has 0 radical (unpaired) electrons. The summed E-state index contributed by atoms with van der Waals surface area (Å²) in [6.45, 7) is 5.66. The van der Waals surface area contributed by atoms with E-state index in [9.17, 15) is 4.79 Å². The van der Waals surface area contributed by atoms with Gasteiger partial charge in [-0.15, -0.1) is 0 Å². The Morgan fingerprint density at radius 2 is 2.17 bits per heavy atom. The molecule has 0 aliphatic rings. The molecule has 0 spiro atoms. The summed E-state index contributed by atoms with van der Waals surface area (Å²) in [5.74, 6) is -0.937. The van der Waals surface area contributed by atoms with Crippen molar-refractivity contribution in [2.45, 2.75) is 32.7 Å². The van der Waals surface area contributed by atoms with Crippen molar-refractivity contribution in [1.29, 1.82) is 5.26 Å². The van der Waals surface area contributed by atoms with Gasteiger partial charge in [0.05, 0.1) is 6.07 Å². The lowest BCUT2D eigenvalue weighted by atomic mass is 9.98. The zero-order valence-electron chi connectivity index (χ0n) is 10.8. The Hall–Kier alpha value is -1.53. The largest absolute Gasteiger partial charge is 0.350 e. The van der Waals surface area contributed by atoms with Crippen molar-refractivity contribution in [3.8, 4) is 6.07 Å². The zero-order chi connectivity index (χ0) is 13.8. The molecule has 1 amide bonds. The first kappa shape index (κ1) is 14.5. The molecule has 1 rings (SSSR count). The Labute approximate surface area is 113 Å². The van der Waals surface area contributed by atoms with Gasteiger partial charge in [0.15, 0.2) is 0 Å². The molecule has 1 atom stereocenters. The van der Waals surface area contributed by atoms with E-state index < -0.39 is 5.92 Å². The predicted octanol–water partition coefficient (Wildman–Crippen LogP) is 2.94. The van der Waals surface area contributed by atoms with Crippen LogP contribution >= 0.6 is 11.6 Å².